The summed E-state index contributed by atoms with van der Waals surface area (Å²) in [5.41, 5.74) is 2.07. The molecule has 0 saturated carbocycles. The summed E-state index contributed by atoms with van der Waals surface area (Å²) < 4.78 is 5.32. The van der Waals surface area contributed by atoms with Crippen LogP contribution < -0.4 is 10.6 Å². The Morgan fingerprint density at radius 2 is 2.21 bits per heavy atom. The molecule has 6 nitrogen and oxygen atoms in total. The van der Waals surface area contributed by atoms with Crippen molar-refractivity contribution in [2.45, 2.75) is 53.0 Å². The van der Waals surface area contributed by atoms with Crippen LogP contribution >= 0.6 is 11.3 Å². The number of nitrogens with zero attached hydrogens (tertiary/aromatic N) is 3. The highest BCUT2D eigenvalue weighted by atomic mass is 32.1. The minimum absolute atomic E-state index is 0.368. The van der Waals surface area contributed by atoms with Gasteiger partial charge in [-0.3, -0.25) is 0 Å². The fraction of sp³-hybridized carbons (Fsp3) is 0.588. The van der Waals surface area contributed by atoms with Crippen molar-refractivity contribution in [2.24, 2.45) is 4.99 Å². The fourth-order valence-corrected chi connectivity index (χ4v) is 2.96. The number of hydrogen-bond acceptors (Lipinski definition) is 5. The Labute approximate surface area is 147 Å². The third-order valence-electron chi connectivity index (χ3n) is 3.43. The number of nitrogens with one attached hydrogen (secondary N) is 2. The van der Waals surface area contributed by atoms with Crippen LogP contribution in [-0.2, 0) is 13.0 Å². The lowest BCUT2D eigenvalue weighted by molar-refractivity contribution is 0.376. The minimum Gasteiger partial charge on any atom is -0.359 e. The lowest BCUT2D eigenvalue weighted by atomic mass is 10.1. The Morgan fingerprint density at radius 1 is 1.38 bits per heavy atom. The van der Waals surface area contributed by atoms with Gasteiger partial charge < -0.3 is 15.2 Å². The second-order valence-electron chi connectivity index (χ2n) is 5.98. The molecule has 2 aromatic heterocycles. The van der Waals surface area contributed by atoms with E-state index < -0.39 is 0 Å². The van der Waals surface area contributed by atoms with Gasteiger partial charge in [0, 0.05) is 36.7 Å². The van der Waals surface area contributed by atoms with Crippen molar-refractivity contribution in [3.8, 4) is 0 Å². The van der Waals surface area contributed by atoms with Gasteiger partial charge in [0.2, 0.25) is 0 Å². The van der Waals surface area contributed by atoms with Crippen molar-refractivity contribution in [1.82, 2.24) is 20.8 Å². The molecule has 2 N–H and O–H groups in total. The van der Waals surface area contributed by atoms with E-state index in [0.29, 0.717) is 12.5 Å². The number of rotatable bonds is 8. The van der Waals surface area contributed by atoms with Gasteiger partial charge in [0.1, 0.15) is 6.54 Å². The van der Waals surface area contributed by atoms with Gasteiger partial charge in [-0.1, -0.05) is 19.0 Å². The smallest absolute Gasteiger partial charge is 0.191 e. The van der Waals surface area contributed by atoms with Crippen molar-refractivity contribution in [2.75, 3.05) is 13.1 Å². The van der Waals surface area contributed by atoms with Crippen LogP contribution in [0.3, 0.4) is 0 Å². The Kier molecular flexibility index (Phi) is 7.24. The van der Waals surface area contributed by atoms with Crippen molar-refractivity contribution in [3.63, 3.8) is 0 Å². The van der Waals surface area contributed by atoms with E-state index >= 15 is 0 Å². The van der Waals surface area contributed by atoms with Crippen molar-refractivity contribution >= 4 is 17.3 Å². The lowest BCUT2D eigenvalue weighted by Gasteiger charge is -2.10. The molecule has 0 aromatic carbocycles. The summed E-state index contributed by atoms with van der Waals surface area (Å²) in [6, 6.07) is 1.97. The highest BCUT2D eigenvalue weighted by Crippen LogP contribution is 2.14. The molecule has 0 aliphatic heterocycles. The van der Waals surface area contributed by atoms with Crippen LogP contribution in [0.15, 0.2) is 21.0 Å². The zero-order valence-electron chi connectivity index (χ0n) is 14.9. The van der Waals surface area contributed by atoms with Gasteiger partial charge in [-0.2, -0.15) is 0 Å². The van der Waals surface area contributed by atoms with Crippen LogP contribution in [0.5, 0.6) is 0 Å². The number of aryl methyl sites for hydroxylation is 2. The molecule has 2 heterocycles. The van der Waals surface area contributed by atoms with Crippen LogP contribution in [0, 0.1) is 6.92 Å². The fourth-order valence-electron chi connectivity index (χ4n) is 2.14. The van der Waals surface area contributed by atoms with Gasteiger partial charge in [0.25, 0.3) is 0 Å². The number of guanidine groups is 1. The molecule has 0 amide bonds. The third kappa shape index (κ3) is 5.96. The molecule has 0 spiro atoms. The van der Waals surface area contributed by atoms with Crippen LogP contribution in [-0.4, -0.2) is 29.2 Å². The van der Waals surface area contributed by atoms with Gasteiger partial charge in [-0.15, -0.1) is 11.3 Å². The Bertz CT molecular complexity index is 647. The zero-order chi connectivity index (χ0) is 17.4. The van der Waals surface area contributed by atoms with Gasteiger partial charge in [-0.25, -0.2) is 9.98 Å². The molecule has 7 heteroatoms. The summed E-state index contributed by atoms with van der Waals surface area (Å²) in [5.74, 6) is 1.96. The number of hydrogen-bond donors (Lipinski definition) is 2. The molecule has 24 heavy (non-hydrogen) atoms. The standard InChI is InChI=1S/C17H27N5OS/c1-5-18-17(19-8-6-7-16-21-13(4)11-24-16)20-10-14-9-15(12(2)3)22-23-14/h9,11-12H,5-8,10H2,1-4H3,(H2,18,19,20). The largest absolute Gasteiger partial charge is 0.359 e. The number of thiazole rings is 1. The number of aromatic nitrogens is 2. The van der Waals surface area contributed by atoms with Gasteiger partial charge in [-0.05, 0) is 26.2 Å². The molecule has 2 rings (SSSR count). The summed E-state index contributed by atoms with van der Waals surface area (Å²) in [6.07, 6.45) is 2.02. The molecule has 2 aromatic rings. The first-order chi connectivity index (χ1) is 11.6. The first kappa shape index (κ1) is 18.4. The zero-order valence-corrected chi connectivity index (χ0v) is 15.7. The van der Waals surface area contributed by atoms with Gasteiger partial charge in [0.05, 0.1) is 10.7 Å². The molecule has 0 aliphatic rings. The second-order valence-corrected chi connectivity index (χ2v) is 6.92. The average molecular weight is 350 g/mol. The second kappa shape index (κ2) is 9.42. The van der Waals surface area contributed by atoms with E-state index in [0.717, 1.165) is 49.0 Å². The molecular weight excluding hydrogens is 322 g/mol. The van der Waals surface area contributed by atoms with E-state index in [4.69, 9.17) is 4.52 Å². The molecule has 0 aliphatic carbocycles. The number of aliphatic imine (C=N–C) groups is 1. The van der Waals surface area contributed by atoms with E-state index in [1.54, 1.807) is 11.3 Å². The maximum Gasteiger partial charge on any atom is 0.191 e. The van der Waals surface area contributed by atoms with Gasteiger partial charge >= 0.3 is 0 Å². The Morgan fingerprint density at radius 3 is 2.83 bits per heavy atom. The van der Waals surface area contributed by atoms with Crippen molar-refractivity contribution in [3.05, 3.63) is 33.6 Å². The predicted octanol–water partition coefficient (Wildman–Crippen LogP) is 3.25. The van der Waals surface area contributed by atoms with Crippen LogP contribution in [0.25, 0.3) is 0 Å². The molecule has 0 bridgehead atoms. The highest BCUT2D eigenvalue weighted by Gasteiger charge is 2.07. The first-order valence-electron chi connectivity index (χ1n) is 8.47. The molecule has 0 atom stereocenters. The van der Waals surface area contributed by atoms with E-state index in [9.17, 15) is 0 Å². The van der Waals surface area contributed by atoms with Crippen LogP contribution in [0.2, 0.25) is 0 Å². The normalized spacial score (nSPS) is 12.0. The summed E-state index contributed by atoms with van der Waals surface area (Å²) in [4.78, 5) is 9.03. The summed E-state index contributed by atoms with van der Waals surface area (Å²) >= 11 is 1.73. The monoisotopic (exact) mass is 349 g/mol. The lowest BCUT2D eigenvalue weighted by Crippen LogP contribution is -2.37. The van der Waals surface area contributed by atoms with Gasteiger partial charge in [0.15, 0.2) is 11.7 Å². The first-order valence-corrected chi connectivity index (χ1v) is 9.35. The van der Waals surface area contributed by atoms with Crippen molar-refractivity contribution < 1.29 is 4.52 Å². The highest BCUT2D eigenvalue weighted by molar-refractivity contribution is 7.09. The summed E-state index contributed by atoms with van der Waals surface area (Å²) in [6.45, 7) is 10.5. The minimum atomic E-state index is 0.368. The molecule has 0 radical (unpaired) electrons. The molecular formula is C17H27N5OS. The third-order valence-corrected chi connectivity index (χ3v) is 4.46. The van der Waals surface area contributed by atoms with Crippen LogP contribution in [0.4, 0.5) is 0 Å². The Balaban J connectivity index is 1.79. The molecule has 0 saturated heterocycles. The molecule has 0 fully saturated rings. The van der Waals surface area contributed by atoms with E-state index in [1.807, 2.05) is 13.0 Å². The summed E-state index contributed by atoms with van der Waals surface area (Å²) in [7, 11) is 0. The quantitative estimate of drug-likeness (QED) is 0.435. The van der Waals surface area contributed by atoms with Crippen LogP contribution in [0.1, 0.15) is 55.3 Å². The SMILES string of the molecule is CCNC(=NCc1cc(C(C)C)no1)NCCCc1nc(C)cs1. The molecule has 0 unspecified atom stereocenters. The van der Waals surface area contributed by atoms with E-state index in [2.05, 4.69) is 51.9 Å². The summed E-state index contributed by atoms with van der Waals surface area (Å²) in [5, 5.41) is 13.9. The molecule has 132 valence electrons. The average Bonchev–Trinajstić information content (AvgIpc) is 3.18. The van der Waals surface area contributed by atoms with Crippen molar-refractivity contribution in [1.29, 1.82) is 0 Å². The predicted molar refractivity (Wildman–Crippen MR) is 98.6 cm³/mol. The van der Waals surface area contributed by atoms with E-state index in [1.165, 1.54) is 5.01 Å². The maximum atomic E-state index is 5.32. The Hall–Kier alpha value is -1.89. The van der Waals surface area contributed by atoms with E-state index in [-0.39, 0.29) is 0 Å². The topological polar surface area (TPSA) is 75.3 Å². The maximum absolute atomic E-state index is 5.32.